The highest BCUT2D eigenvalue weighted by atomic mass is 19.4. The van der Waals surface area contributed by atoms with Crippen molar-refractivity contribution in [2.24, 2.45) is 0 Å². The summed E-state index contributed by atoms with van der Waals surface area (Å²) in [5.74, 6) is -3.92. The zero-order chi connectivity index (χ0) is 23.8. The first-order chi connectivity index (χ1) is 14.2. The van der Waals surface area contributed by atoms with E-state index in [-0.39, 0.29) is 12.1 Å². The lowest BCUT2D eigenvalue weighted by atomic mass is 9.91. The van der Waals surface area contributed by atoms with E-state index in [9.17, 15) is 45.4 Å². The molecule has 172 valence electrons. The molecule has 31 heavy (non-hydrogen) atoms. The van der Waals surface area contributed by atoms with Gasteiger partial charge in [-0.2, -0.15) is 26.3 Å². The maximum absolute atomic E-state index is 14.7. The molecule has 1 aliphatic rings. The lowest BCUT2D eigenvalue weighted by molar-refractivity contribution is -0.376. The van der Waals surface area contributed by atoms with E-state index in [4.69, 9.17) is 4.74 Å². The topological polar surface area (TPSA) is 85.3 Å². The van der Waals surface area contributed by atoms with Crippen LogP contribution in [0.4, 0.5) is 36.4 Å². The molecule has 0 amide bonds. The van der Waals surface area contributed by atoms with Gasteiger partial charge in [-0.15, -0.1) is 0 Å². The number of hydrogen-bond donors (Lipinski definition) is 1. The molecule has 0 aliphatic carbocycles. The van der Waals surface area contributed by atoms with Crippen LogP contribution in [0.3, 0.4) is 0 Å². The normalized spacial score (nSPS) is 15.7. The minimum Gasteiger partial charge on any atom is -0.466 e. The predicted octanol–water partition coefficient (Wildman–Crippen LogP) is 2.53. The number of rotatable bonds is 4. The summed E-state index contributed by atoms with van der Waals surface area (Å²) >= 11 is 0. The number of carbonyl (C=O) groups excluding carboxylic acids is 2. The Morgan fingerprint density at radius 2 is 1.58 bits per heavy atom. The van der Waals surface area contributed by atoms with Gasteiger partial charge in [0.05, 0.1) is 32.1 Å². The number of anilines is 1. The zero-order valence-corrected chi connectivity index (χ0v) is 15.7. The highest BCUT2D eigenvalue weighted by Crippen LogP contribution is 2.50. The van der Waals surface area contributed by atoms with E-state index in [0.717, 1.165) is 14.2 Å². The lowest BCUT2D eigenvalue weighted by Gasteiger charge is -2.34. The van der Waals surface area contributed by atoms with Crippen LogP contribution in [0, 0.1) is 5.82 Å². The van der Waals surface area contributed by atoms with Gasteiger partial charge < -0.3 is 24.2 Å². The molecule has 1 N–H and O–H groups in total. The highest BCUT2D eigenvalue weighted by molar-refractivity contribution is 6.03. The number of alkyl halides is 6. The smallest absolute Gasteiger partial charge is 0.430 e. The summed E-state index contributed by atoms with van der Waals surface area (Å²) in [5.41, 5.74) is -8.93. The summed E-state index contributed by atoms with van der Waals surface area (Å²) in [6.07, 6.45) is -12.4. The van der Waals surface area contributed by atoms with Crippen molar-refractivity contribution in [3.05, 3.63) is 40.8 Å². The van der Waals surface area contributed by atoms with Crippen molar-refractivity contribution in [3.63, 3.8) is 0 Å². The fraction of sp³-hybridized carbons (Fsp3) is 0.412. The first-order valence-electron chi connectivity index (χ1n) is 8.11. The fourth-order valence-corrected chi connectivity index (χ4v) is 2.77. The fourth-order valence-electron chi connectivity index (χ4n) is 2.77. The number of hydrogen-bond acceptors (Lipinski definition) is 7. The Labute approximate surface area is 169 Å². The molecule has 14 heteroatoms. The molecule has 1 aromatic rings. The van der Waals surface area contributed by atoms with Crippen LogP contribution in [-0.2, 0) is 29.4 Å². The molecule has 0 radical (unpaired) electrons. The average Bonchev–Trinajstić information content (AvgIpc) is 2.69. The van der Waals surface area contributed by atoms with Crippen LogP contribution in [0.25, 0.3) is 0 Å². The molecule has 0 atom stereocenters. The Morgan fingerprint density at radius 1 is 1.03 bits per heavy atom. The SMILES string of the molecule is COC(=O)C1=C(C(=O)OC)N(c2ccc(C(O)(C(F)(F)F)C(F)(F)F)cc2F)COC1. The maximum Gasteiger partial charge on any atom is 0.430 e. The number of esters is 2. The number of methoxy groups -OCH3 is 2. The van der Waals surface area contributed by atoms with Gasteiger partial charge in [0.25, 0.3) is 5.60 Å². The molecule has 0 saturated carbocycles. The van der Waals surface area contributed by atoms with Gasteiger partial charge in [0.2, 0.25) is 0 Å². The summed E-state index contributed by atoms with van der Waals surface area (Å²) < 4.78 is 107. The largest absolute Gasteiger partial charge is 0.466 e. The number of carbonyl (C=O) groups is 2. The maximum atomic E-state index is 14.7. The summed E-state index contributed by atoms with van der Waals surface area (Å²) in [5, 5.41) is 9.41. The second-order valence-corrected chi connectivity index (χ2v) is 6.09. The molecule has 0 spiro atoms. The third-order valence-corrected chi connectivity index (χ3v) is 4.31. The summed E-state index contributed by atoms with van der Waals surface area (Å²) in [4.78, 5) is 24.7. The summed E-state index contributed by atoms with van der Waals surface area (Å²) in [7, 11) is 1.89. The monoisotopic (exact) mass is 461 g/mol. The molecule has 0 fully saturated rings. The second-order valence-electron chi connectivity index (χ2n) is 6.09. The molecule has 0 unspecified atom stereocenters. The standard InChI is InChI=1S/C17H14F7NO6/c1-29-13(26)9-6-31-7-25(12(9)14(27)30-2)11-4-3-8(5-10(11)18)15(28,16(19,20)21)17(22,23)24/h3-5,28H,6-7H2,1-2H3. The van der Waals surface area contributed by atoms with E-state index in [1.165, 1.54) is 0 Å². The number of halogens is 7. The third kappa shape index (κ3) is 4.17. The number of benzene rings is 1. The minimum absolute atomic E-state index is 0.181. The minimum atomic E-state index is -6.22. The van der Waals surface area contributed by atoms with Gasteiger partial charge in [0.1, 0.15) is 18.2 Å². The molecule has 1 aliphatic heterocycles. The molecule has 0 saturated heterocycles. The number of nitrogens with zero attached hydrogens (tertiary/aromatic N) is 1. The van der Waals surface area contributed by atoms with Crippen LogP contribution in [0.5, 0.6) is 0 Å². The van der Waals surface area contributed by atoms with Crippen molar-refractivity contribution in [1.29, 1.82) is 0 Å². The molecule has 1 aromatic carbocycles. The Bertz CT molecular complexity index is 895. The third-order valence-electron chi connectivity index (χ3n) is 4.31. The van der Waals surface area contributed by atoms with E-state index in [1.54, 1.807) is 0 Å². The van der Waals surface area contributed by atoms with Gasteiger partial charge in [-0.25, -0.2) is 14.0 Å². The summed E-state index contributed by atoms with van der Waals surface area (Å²) in [6, 6.07) is 0.456. The first kappa shape index (κ1) is 24.4. The van der Waals surface area contributed by atoms with E-state index in [2.05, 4.69) is 9.47 Å². The van der Waals surface area contributed by atoms with Gasteiger partial charge in [-0.1, -0.05) is 6.07 Å². The Hall–Kier alpha value is -2.87. The van der Waals surface area contributed by atoms with Crippen molar-refractivity contribution in [2.75, 3.05) is 32.5 Å². The van der Waals surface area contributed by atoms with E-state index in [1.807, 2.05) is 0 Å². The highest BCUT2D eigenvalue weighted by Gasteiger charge is 2.71. The van der Waals surface area contributed by atoms with Crippen molar-refractivity contribution >= 4 is 17.6 Å². The van der Waals surface area contributed by atoms with Crippen LogP contribution in [0.1, 0.15) is 5.56 Å². The molecule has 0 aromatic heterocycles. The van der Waals surface area contributed by atoms with E-state index < -0.39 is 71.6 Å². The molecular weight excluding hydrogens is 447 g/mol. The Kier molecular flexibility index (Phi) is 6.56. The van der Waals surface area contributed by atoms with E-state index >= 15 is 0 Å². The molecule has 7 nitrogen and oxygen atoms in total. The van der Waals surface area contributed by atoms with Gasteiger partial charge >= 0.3 is 24.3 Å². The van der Waals surface area contributed by atoms with E-state index in [0.29, 0.717) is 11.0 Å². The van der Waals surface area contributed by atoms with Crippen molar-refractivity contribution in [2.45, 2.75) is 18.0 Å². The Balaban J connectivity index is 2.66. The zero-order valence-electron chi connectivity index (χ0n) is 15.7. The second kappa shape index (κ2) is 8.34. The van der Waals surface area contributed by atoms with Gasteiger partial charge in [0, 0.05) is 5.56 Å². The molecule has 0 bridgehead atoms. The van der Waals surface area contributed by atoms with Crippen molar-refractivity contribution in [1.82, 2.24) is 0 Å². The Morgan fingerprint density at radius 3 is 2.03 bits per heavy atom. The van der Waals surface area contributed by atoms with Crippen molar-refractivity contribution < 1.29 is 59.6 Å². The average molecular weight is 461 g/mol. The number of aliphatic hydroxyl groups is 1. The first-order valence-corrected chi connectivity index (χ1v) is 8.11. The van der Waals surface area contributed by atoms with Crippen molar-refractivity contribution in [3.8, 4) is 0 Å². The predicted molar refractivity (Wildman–Crippen MR) is 86.8 cm³/mol. The summed E-state index contributed by atoms with van der Waals surface area (Å²) in [6.45, 7) is -1.07. The van der Waals surface area contributed by atoms with Gasteiger partial charge in [-0.05, 0) is 12.1 Å². The molecular formula is C17H14F7NO6. The quantitative estimate of drug-likeness (QED) is 0.545. The van der Waals surface area contributed by atoms with Crippen LogP contribution < -0.4 is 4.90 Å². The van der Waals surface area contributed by atoms with Crippen LogP contribution in [0.2, 0.25) is 0 Å². The van der Waals surface area contributed by atoms with Crippen LogP contribution in [-0.4, -0.2) is 57.0 Å². The molecule has 1 heterocycles. The lowest BCUT2D eigenvalue weighted by Crippen LogP contribution is -2.54. The van der Waals surface area contributed by atoms with Gasteiger partial charge in [-0.3, -0.25) is 0 Å². The number of ether oxygens (including phenoxy) is 3. The molecule has 2 rings (SSSR count). The van der Waals surface area contributed by atoms with Gasteiger partial charge in [0.15, 0.2) is 0 Å². The van der Waals surface area contributed by atoms with Crippen LogP contribution >= 0.6 is 0 Å². The van der Waals surface area contributed by atoms with Crippen LogP contribution in [0.15, 0.2) is 29.5 Å².